The number of rotatable bonds is 6. The second kappa shape index (κ2) is 6.66. The molecule has 0 aromatic carbocycles. The molecule has 6 heteroatoms. The Labute approximate surface area is 108 Å². The average molecular weight is 273 g/mol. The van der Waals surface area contributed by atoms with Gasteiger partial charge in [0, 0.05) is 6.04 Å². The minimum Gasteiger partial charge on any atom is -0.481 e. The van der Waals surface area contributed by atoms with Gasteiger partial charge in [-0.15, -0.1) is 23.1 Å². The Kier molecular flexibility index (Phi) is 5.50. The lowest BCUT2D eigenvalue weighted by Crippen LogP contribution is -2.40. The van der Waals surface area contributed by atoms with Crippen LogP contribution in [0.5, 0.6) is 0 Å². The highest BCUT2D eigenvalue weighted by atomic mass is 32.2. The standard InChI is InChI=1S/C11H15NO3S2/c1-7(11(14)15)8(2)12-9(13)6-17-10-4-3-5-16-10/h3-5,7-8H,6H2,1-2H3,(H,12,13)(H,14,15). The van der Waals surface area contributed by atoms with Crippen molar-refractivity contribution in [3.63, 3.8) is 0 Å². The van der Waals surface area contributed by atoms with E-state index in [0.29, 0.717) is 5.75 Å². The molecule has 1 rings (SSSR count). The number of carboxylic acid groups (broad SMARTS) is 1. The number of nitrogens with one attached hydrogen (secondary N) is 1. The number of thioether (sulfide) groups is 1. The van der Waals surface area contributed by atoms with E-state index in [1.165, 1.54) is 11.8 Å². The van der Waals surface area contributed by atoms with E-state index in [9.17, 15) is 9.59 Å². The molecular weight excluding hydrogens is 258 g/mol. The molecule has 17 heavy (non-hydrogen) atoms. The van der Waals surface area contributed by atoms with Crippen LogP contribution >= 0.6 is 23.1 Å². The highest BCUT2D eigenvalue weighted by molar-refractivity contribution is 8.01. The van der Waals surface area contributed by atoms with Crippen LogP contribution < -0.4 is 5.32 Å². The van der Waals surface area contributed by atoms with Crippen molar-refractivity contribution in [3.8, 4) is 0 Å². The molecule has 1 aromatic heterocycles. The zero-order valence-corrected chi connectivity index (χ0v) is 11.3. The van der Waals surface area contributed by atoms with Gasteiger partial charge in [-0.2, -0.15) is 0 Å². The zero-order valence-electron chi connectivity index (χ0n) is 9.67. The molecule has 0 radical (unpaired) electrons. The third kappa shape index (κ3) is 4.79. The second-order valence-corrected chi connectivity index (χ2v) is 5.93. The predicted octanol–water partition coefficient (Wildman–Crippen LogP) is 2.07. The lowest BCUT2D eigenvalue weighted by Gasteiger charge is -2.17. The van der Waals surface area contributed by atoms with E-state index in [1.54, 1.807) is 25.2 Å². The molecule has 0 fully saturated rings. The molecule has 1 heterocycles. The Morgan fingerprint density at radius 2 is 2.24 bits per heavy atom. The first kappa shape index (κ1) is 14.1. The largest absolute Gasteiger partial charge is 0.481 e. The van der Waals surface area contributed by atoms with Crippen molar-refractivity contribution >= 4 is 35.0 Å². The van der Waals surface area contributed by atoms with Crippen LogP contribution in [0.3, 0.4) is 0 Å². The van der Waals surface area contributed by atoms with Crippen molar-refractivity contribution in [1.29, 1.82) is 0 Å². The summed E-state index contributed by atoms with van der Waals surface area (Å²) in [6, 6.07) is 3.52. The molecule has 2 unspecified atom stereocenters. The molecule has 0 aliphatic carbocycles. The number of aliphatic carboxylic acids is 1. The van der Waals surface area contributed by atoms with E-state index in [4.69, 9.17) is 5.11 Å². The van der Waals surface area contributed by atoms with E-state index < -0.39 is 11.9 Å². The van der Waals surface area contributed by atoms with Gasteiger partial charge in [0.25, 0.3) is 0 Å². The van der Waals surface area contributed by atoms with E-state index >= 15 is 0 Å². The Hall–Kier alpha value is -1.01. The van der Waals surface area contributed by atoms with E-state index in [1.807, 2.05) is 17.5 Å². The summed E-state index contributed by atoms with van der Waals surface area (Å²) in [4.78, 5) is 22.3. The van der Waals surface area contributed by atoms with Crippen molar-refractivity contribution in [1.82, 2.24) is 5.32 Å². The van der Waals surface area contributed by atoms with Crippen molar-refractivity contribution in [2.75, 3.05) is 5.75 Å². The SMILES string of the molecule is CC(NC(=O)CSc1cccs1)C(C)C(=O)O. The first-order chi connectivity index (χ1) is 8.00. The first-order valence-electron chi connectivity index (χ1n) is 5.19. The van der Waals surface area contributed by atoms with Crippen molar-refractivity contribution in [2.45, 2.75) is 24.1 Å². The smallest absolute Gasteiger partial charge is 0.308 e. The van der Waals surface area contributed by atoms with Gasteiger partial charge in [0.1, 0.15) is 0 Å². The third-order valence-electron chi connectivity index (χ3n) is 2.37. The van der Waals surface area contributed by atoms with Crippen molar-refractivity contribution < 1.29 is 14.7 Å². The predicted molar refractivity (Wildman–Crippen MR) is 69.4 cm³/mol. The minimum atomic E-state index is -0.899. The summed E-state index contributed by atoms with van der Waals surface area (Å²) in [5.41, 5.74) is 0. The molecular formula is C11H15NO3S2. The van der Waals surface area contributed by atoms with Gasteiger partial charge in [0.15, 0.2) is 0 Å². The molecule has 1 aromatic rings. The van der Waals surface area contributed by atoms with Crippen molar-refractivity contribution in [3.05, 3.63) is 17.5 Å². The summed E-state index contributed by atoms with van der Waals surface area (Å²) < 4.78 is 1.08. The summed E-state index contributed by atoms with van der Waals surface area (Å²) in [6.07, 6.45) is 0. The lowest BCUT2D eigenvalue weighted by molar-refractivity contribution is -0.142. The maximum Gasteiger partial charge on any atom is 0.308 e. The number of carbonyl (C=O) groups excluding carboxylic acids is 1. The highest BCUT2D eigenvalue weighted by Gasteiger charge is 2.20. The number of carboxylic acids is 1. The number of hydrogen-bond acceptors (Lipinski definition) is 4. The Bertz CT molecular complexity index is 378. The van der Waals surface area contributed by atoms with Crippen LogP contribution in [-0.2, 0) is 9.59 Å². The molecule has 0 saturated heterocycles. The van der Waals surface area contributed by atoms with Crippen LogP contribution in [0.4, 0.5) is 0 Å². The molecule has 0 spiro atoms. The van der Waals surface area contributed by atoms with Gasteiger partial charge in [0.2, 0.25) is 5.91 Å². The van der Waals surface area contributed by atoms with Crippen LogP contribution in [-0.4, -0.2) is 28.8 Å². The van der Waals surface area contributed by atoms with E-state index in [-0.39, 0.29) is 11.9 Å². The number of hydrogen-bond donors (Lipinski definition) is 2. The summed E-state index contributed by atoms with van der Waals surface area (Å²) in [5.74, 6) is -1.30. The molecule has 0 aliphatic heterocycles. The van der Waals surface area contributed by atoms with Crippen LogP contribution in [0, 0.1) is 5.92 Å². The zero-order chi connectivity index (χ0) is 12.8. The van der Waals surface area contributed by atoms with Gasteiger partial charge in [-0.05, 0) is 25.3 Å². The van der Waals surface area contributed by atoms with Gasteiger partial charge in [0.05, 0.1) is 15.9 Å². The normalized spacial score (nSPS) is 14.0. The average Bonchev–Trinajstić information content (AvgIpc) is 2.77. The molecule has 2 atom stereocenters. The lowest BCUT2D eigenvalue weighted by atomic mass is 10.0. The fourth-order valence-corrected chi connectivity index (χ4v) is 2.71. The van der Waals surface area contributed by atoms with Crippen LogP contribution in [0.15, 0.2) is 21.7 Å². The van der Waals surface area contributed by atoms with Crippen molar-refractivity contribution in [2.24, 2.45) is 5.92 Å². The van der Waals surface area contributed by atoms with Gasteiger partial charge in [-0.1, -0.05) is 6.07 Å². The Morgan fingerprint density at radius 1 is 1.53 bits per heavy atom. The Morgan fingerprint density at radius 3 is 2.76 bits per heavy atom. The van der Waals surface area contributed by atoms with Gasteiger partial charge in [-0.25, -0.2) is 0 Å². The van der Waals surface area contributed by atoms with Crippen LogP contribution in [0.2, 0.25) is 0 Å². The number of carbonyl (C=O) groups is 2. The maximum atomic E-state index is 11.6. The van der Waals surface area contributed by atoms with E-state index in [2.05, 4.69) is 5.32 Å². The fourth-order valence-electron chi connectivity index (χ4n) is 1.12. The molecule has 0 saturated carbocycles. The molecule has 94 valence electrons. The second-order valence-electron chi connectivity index (χ2n) is 3.70. The Balaban J connectivity index is 2.32. The van der Waals surface area contributed by atoms with Gasteiger partial charge < -0.3 is 10.4 Å². The molecule has 1 amide bonds. The number of thiophene rings is 1. The quantitative estimate of drug-likeness (QED) is 0.779. The van der Waals surface area contributed by atoms with Crippen LogP contribution in [0.1, 0.15) is 13.8 Å². The van der Waals surface area contributed by atoms with Gasteiger partial charge >= 0.3 is 5.97 Å². The van der Waals surface area contributed by atoms with E-state index in [0.717, 1.165) is 4.21 Å². The monoisotopic (exact) mass is 273 g/mol. The first-order valence-corrected chi connectivity index (χ1v) is 7.05. The summed E-state index contributed by atoms with van der Waals surface area (Å²) in [6.45, 7) is 3.28. The molecule has 2 N–H and O–H groups in total. The highest BCUT2D eigenvalue weighted by Crippen LogP contribution is 2.22. The molecule has 0 aliphatic rings. The van der Waals surface area contributed by atoms with Gasteiger partial charge in [-0.3, -0.25) is 9.59 Å². The topological polar surface area (TPSA) is 66.4 Å². The minimum absolute atomic E-state index is 0.135. The van der Waals surface area contributed by atoms with Crippen LogP contribution in [0.25, 0.3) is 0 Å². The molecule has 4 nitrogen and oxygen atoms in total. The molecule has 0 bridgehead atoms. The summed E-state index contributed by atoms with van der Waals surface area (Å²) in [7, 11) is 0. The maximum absolute atomic E-state index is 11.6. The fraction of sp³-hybridized carbons (Fsp3) is 0.455. The summed E-state index contributed by atoms with van der Waals surface area (Å²) in [5, 5.41) is 13.4. The number of amides is 1. The summed E-state index contributed by atoms with van der Waals surface area (Å²) >= 11 is 3.04. The third-order valence-corrected chi connectivity index (χ3v) is 4.50.